The SMILES string of the molecule is COC(=O)c1[c]ccc2occc12. The molecule has 13 heavy (non-hydrogen) atoms. The molecule has 0 amide bonds. The Kier molecular flexibility index (Phi) is 1.77. The molecule has 1 heterocycles. The number of benzene rings is 1. The van der Waals surface area contributed by atoms with Crippen molar-refractivity contribution in [2.75, 3.05) is 7.11 Å². The fourth-order valence-corrected chi connectivity index (χ4v) is 1.21. The predicted octanol–water partition coefficient (Wildman–Crippen LogP) is 2.02. The first-order chi connectivity index (χ1) is 6.33. The molecule has 0 aliphatic carbocycles. The van der Waals surface area contributed by atoms with E-state index in [1.165, 1.54) is 13.4 Å². The van der Waals surface area contributed by atoms with Gasteiger partial charge in [0.1, 0.15) is 5.58 Å². The molecule has 65 valence electrons. The fourth-order valence-electron chi connectivity index (χ4n) is 1.21. The van der Waals surface area contributed by atoms with E-state index in [0.717, 1.165) is 5.39 Å². The monoisotopic (exact) mass is 175 g/mol. The Morgan fingerprint density at radius 2 is 2.38 bits per heavy atom. The first kappa shape index (κ1) is 7.86. The van der Waals surface area contributed by atoms with E-state index < -0.39 is 5.97 Å². The number of carbonyl (C=O) groups excluding carboxylic acids is 1. The molecule has 3 nitrogen and oxygen atoms in total. The van der Waals surface area contributed by atoms with E-state index in [9.17, 15) is 4.79 Å². The molecule has 2 aromatic rings. The molecule has 0 N–H and O–H groups in total. The second-order valence-corrected chi connectivity index (χ2v) is 2.54. The zero-order valence-corrected chi connectivity index (χ0v) is 7.03. The molecular formula is C10H7O3. The van der Waals surface area contributed by atoms with Gasteiger partial charge in [0.15, 0.2) is 0 Å². The zero-order valence-electron chi connectivity index (χ0n) is 7.03. The van der Waals surface area contributed by atoms with Gasteiger partial charge in [0.25, 0.3) is 0 Å². The highest BCUT2D eigenvalue weighted by Gasteiger charge is 2.10. The van der Waals surface area contributed by atoms with Gasteiger partial charge in [0.05, 0.1) is 18.9 Å². The second-order valence-electron chi connectivity index (χ2n) is 2.54. The minimum Gasteiger partial charge on any atom is -0.465 e. The van der Waals surface area contributed by atoms with Gasteiger partial charge in [-0.2, -0.15) is 0 Å². The summed E-state index contributed by atoms with van der Waals surface area (Å²) < 4.78 is 9.73. The van der Waals surface area contributed by atoms with Gasteiger partial charge in [-0.3, -0.25) is 0 Å². The highest BCUT2D eigenvalue weighted by molar-refractivity contribution is 6.02. The van der Waals surface area contributed by atoms with Crippen LogP contribution < -0.4 is 0 Å². The number of ether oxygens (including phenoxy) is 1. The molecule has 0 bridgehead atoms. The molecule has 0 saturated carbocycles. The van der Waals surface area contributed by atoms with Crippen molar-refractivity contribution >= 4 is 16.9 Å². The van der Waals surface area contributed by atoms with Crippen LogP contribution >= 0.6 is 0 Å². The van der Waals surface area contributed by atoms with E-state index in [4.69, 9.17) is 4.42 Å². The minimum absolute atomic E-state index is 0.396. The zero-order chi connectivity index (χ0) is 9.26. The molecular weight excluding hydrogens is 168 g/mol. The van der Waals surface area contributed by atoms with E-state index >= 15 is 0 Å². The lowest BCUT2D eigenvalue weighted by Gasteiger charge is -1.98. The van der Waals surface area contributed by atoms with Crippen LogP contribution in [0.5, 0.6) is 0 Å². The molecule has 0 fully saturated rings. The Labute approximate surface area is 74.9 Å². The van der Waals surface area contributed by atoms with Gasteiger partial charge in [-0.1, -0.05) is 0 Å². The highest BCUT2D eigenvalue weighted by Crippen LogP contribution is 2.19. The number of esters is 1. The Bertz CT molecular complexity index is 442. The molecule has 1 aromatic carbocycles. The number of rotatable bonds is 1. The summed E-state index contributed by atoms with van der Waals surface area (Å²) in [5.41, 5.74) is 1.08. The first-order valence-corrected chi connectivity index (χ1v) is 3.79. The summed E-state index contributed by atoms with van der Waals surface area (Å²) in [6.07, 6.45) is 1.53. The second kappa shape index (κ2) is 2.94. The topological polar surface area (TPSA) is 39.4 Å². The van der Waals surface area contributed by atoms with Crippen LogP contribution in [0.2, 0.25) is 0 Å². The summed E-state index contributed by atoms with van der Waals surface area (Å²) in [6, 6.07) is 7.92. The minimum atomic E-state index is -0.396. The smallest absolute Gasteiger partial charge is 0.339 e. The van der Waals surface area contributed by atoms with Gasteiger partial charge in [0.2, 0.25) is 0 Å². The van der Waals surface area contributed by atoms with E-state index in [1.807, 2.05) is 0 Å². The molecule has 0 aliphatic heterocycles. The molecule has 1 radical (unpaired) electrons. The number of furan rings is 1. The van der Waals surface area contributed by atoms with Gasteiger partial charge in [-0.25, -0.2) is 4.79 Å². The van der Waals surface area contributed by atoms with Gasteiger partial charge in [-0.15, -0.1) is 0 Å². The third-order valence-corrected chi connectivity index (χ3v) is 1.82. The quantitative estimate of drug-likeness (QED) is 0.622. The van der Waals surface area contributed by atoms with Crippen molar-refractivity contribution in [1.29, 1.82) is 0 Å². The Balaban J connectivity index is 2.67. The average Bonchev–Trinajstić information content (AvgIpc) is 2.63. The van der Waals surface area contributed by atoms with Crippen LogP contribution in [0.15, 0.2) is 28.9 Å². The lowest BCUT2D eigenvalue weighted by atomic mass is 10.1. The van der Waals surface area contributed by atoms with Crippen molar-refractivity contribution in [3.8, 4) is 0 Å². The summed E-state index contributed by atoms with van der Waals surface area (Å²) in [5, 5.41) is 0.731. The summed E-state index contributed by atoms with van der Waals surface area (Å²) in [4.78, 5) is 11.2. The van der Waals surface area contributed by atoms with Crippen LogP contribution in [0.1, 0.15) is 10.4 Å². The highest BCUT2D eigenvalue weighted by atomic mass is 16.5. The summed E-state index contributed by atoms with van der Waals surface area (Å²) >= 11 is 0. The summed E-state index contributed by atoms with van der Waals surface area (Å²) in [6.45, 7) is 0. The van der Waals surface area contributed by atoms with Crippen LogP contribution in [0, 0.1) is 6.07 Å². The normalized spacial score (nSPS) is 10.2. The molecule has 2 rings (SSSR count). The summed E-state index contributed by atoms with van der Waals surface area (Å²) in [7, 11) is 1.34. The van der Waals surface area contributed by atoms with E-state index in [2.05, 4.69) is 10.8 Å². The Morgan fingerprint density at radius 3 is 3.15 bits per heavy atom. The average molecular weight is 175 g/mol. The maximum Gasteiger partial charge on any atom is 0.339 e. The van der Waals surface area contributed by atoms with E-state index in [1.54, 1.807) is 18.2 Å². The van der Waals surface area contributed by atoms with Crippen LogP contribution in [-0.2, 0) is 4.74 Å². The molecule has 3 heteroatoms. The van der Waals surface area contributed by atoms with E-state index in [0.29, 0.717) is 11.1 Å². The van der Waals surface area contributed by atoms with Gasteiger partial charge >= 0.3 is 5.97 Å². The molecule has 0 aliphatic rings. The van der Waals surface area contributed by atoms with Crippen LogP contribution in [-0.4, -0.2) is 13.1 Å². The number of methoxy groups -OCH3 is 1. The predicted molar refractivity (Wildman–Crippen MR) is 46.4 cm³/mol. The van der Waals surface area contributed by atoms with Crippen molar-refractivity contribution in [2.24, 2.45) is 0 Å². The van der Waals surface area contributed by atoms with E-state index in [-0.39, 0.29) is 0 Å². The van der Waals surface area contributed by atoms with Crippen molar-refractivity contribution in [2.45, 2.75) is 0 Å². The Morgan fingerprint density at radius 1 is 1.54 bits per heavy atom. The van der Waals surface area contributed by atoms with Crippen molar-refractivity contribution in [3.63, 3.8) is 0 Å². The van der Waals surface area contributed by atoms with Gasteiger partial charge in [0, 0.05) is 5.39 Å². The lowest BCUT2D eigenvalue weighted by Crippen LogP contribution is -2.01. The van der Waals surface area contributed by atoms with Crippen molar-refractivity contribution < 1.29 is 13.9 Å². The third kappa shape index (κ3) is 1.18. The number of fused-ring (bicyclic) bond motifs is 1. The maximum atomic E-state index is 11.2. The first-order valence-electron chi connectivity index (χ1n) is 3.79. The third-order valence-electron chi connectivity index (χ3n) is 1.82. The molecule has 0 spiro atoms. The van der Waals surface area contributed by atoms with Gasteiger partial charge in [-0.05, 0) is 24.3 Å². The van der Waals surface area contributed by atoms with Crippen molar-refractivity contribution in [3.05, 3.63) is 36.1 Å². The molecule has 0 unspecified atom stereocenters. The lowest BCUT2D eigenvalue weighted by molar-refractivity contribution is 0.0602. The standard InChI is InChI=1S/C10H7O3/c1-12-10(11)8-3-2-4-9-7(8)5-6-13-9/h2,4-6H,1H3. The maximum absolute atomic E-state index is 11.2. The number of carbonyl (C=O) groups is 1. The molecule has 0 saturated heterocycles. The van der Waals surface area contributed by atoms with Crippen LogP contribution in [0.4, 0.5) is 0 Å². The Hall–Kier alpha value is -1.77. The van der Waals surface area contributed by atoms with Crippen molar-refractivity contribution in [1.82, 2.24) is 0 Å². The molecule has 0 atom stereocenters. The number of hydrogen-bond acceptors (Lipinski definition) is 3. The number of hydrogen-bond donors (Lipinski definition) is 0. The molecule has 1 aromatic heterocycles. The fraction of sp³-hybridized carbons (Fsp3) is 0.100. The van der Waals surface area contributed by atoms with Crippen LogP contribution in [0.25, 0.3) is 11.0 Å². The summed E-state index contributed by atoms with van der Waals surface area (Å²) in [5.74, 6) is -0.396. The van der Waals surface area contributed by atoms with Gasteiger partial charge < -0.3 is 9.15 Å². The largest absolute Gasteiger partial charge is 0.465 e. The van der Waals surface area contributed by atoms with Crippen LogP contribution in [0.3, 0.4) is 0 Å².